The first-order chi connectivity index (χ1) is 12.3. The monoisotopic (exact) mass is 370 g/mol. The first-order valence-corrected chi connectivity index (χ1v) is 9.42. The Labute approximate surface area is 151 Å². The van der Waals surface area contributed by atoms with Gasteiger partial charge in [0.05, 0.1) is 18.6 Å². The molecule has 0 saturated heterocycles. The number of benzene rings is 1. The van der Waals surface area contributed by atoms with Gasteiger partial charge in [0.2, 0.25) is 5.13 Å². The van der Waals surface area contributed by atoms with Crippen molar-refractivity contribution in [2.24, 2.45) is 0 Å². The molecule has 3 heterocycles. The van der Waals surface area contributed by atoms with Crippen LogP contribution in [0.15, 0.2) is 57.6 Å². The maximum absolute atomic E-state index is 12.5. The van der Waals surface area contributed by atoms with E-state index in [2.05, 4.69) is 20.5 Å². The van der Waals surface area contributed by atoms with Crippen molar-refractivity contribution in [2.45, 2.75) is 10.9 Å². The lowest BCUT2D eigenvalue weighted by molar-refractivity contribution is 0.102. The van der Waals surface area contributed by atoms with E-state index in [0.29, 0.717) is 23.0 Å². The first kappa shape index (κ1) is 15.9. The van der Waals surface area contributed by atoms with Crippen molar-refractivity contribution in [1.82, 2.24) is 15.2 Å². The number of aromatic nitrogens is 3. The summed E-state index contributed by atoms with van der Waals surface area (Å²) < 4.78 is 6.02. The fraction of sp³-hybridized carbons (Fsp3) is 0.118. The molecule has 0 atom stereocenters. The van der Waals surface area contributed by atoms with Crippen LogP contribution in [0.3, 0.4) is 0 Å². The normalized spacial score (nSPS) is 11.0. The minimum atomic E-state index is 0.0720. The van der Waals surface area contributed by atoms with Crippen LogP contribution in [-0.2, 0) is 6.54 Å². The Kier molecular flexibility index (Phi) is 4.53. The summed E-state index contributed by atoms with van der Waals surface area (Å²) in [5.41, 5.74) is 1.68. The van der Waals surface area contributed by atoms with E-state index >= 15 is 0 Å². The summed E-state index contributed by atoms with van der Waals surface area (Å²) in [6.45, 7) is 0.556. The quantitative estimate of drug-likeness (QED) is 0.375. The SMILES string of the molecule is O=C(CSc1nnc(NCc2ccco2)s1)c1c[nH]c2ccccc12. The molecule has 3 aromatic heterocycles. The lowest BCUT2D eigenvalue weighted by Crippen LogP contribution is -2.01. The number of aromatic amines is 1. The van der Waals surface area contributed by atoms with Gasteiger partial charge < -0.3 is 14.7 Å². The van der Waals surface area contributed by atoms with E-state index in [1.54, 1.807) is 12.5 Å². The Balaban J connectivity index is 1.36. The minimum absolute atomic E-state index is 0.0720. The number of nitrogens with zero attached hydrogens (tertiary/aromatic N) is 2. The summed E-state index contributed by atoms with van der Waals surface area (Å²) in [4.78, 5) is 15.6. The molecule has 4 rings (SSSR count). The zero-order valence-electron chi connectivity index (χ0n) is 13.1. The summed E-state index contributed by atoms with van der Waals surface area (Å²) in [5, 5.41) is 13.0. The smallest absolute Gasteiger partial charge is 0.206 e. The highest BCUT2D eigenvalue weighted by molar-refractivity contribution is 8.01. The van der Waals surface area contributed by atoms with Crippen LogP contribution in [-0.4, -0.2) is 26.7 Å². The van der Waals surface area contributed by atoms with Crippen molar-refractivity contribution in [1.29, 1.82) is 0 Å². The highest BCUT2D eigenvalue weighted by Gasteiger charge is 2.14. The number of Topliss-reactive ketones (excluding diaryl/α,β-unsaturated/α-hetero) is 1. The largest absolute Gasteiger partial charge is 0.467 e. The number of ketones is 1. The first-order valence-electron chi connectivity index (χ1n) is 7.61. The number of nitrogens with one attached hydrogen (secondary N) is 2. The summed E-state index contributed by atoms with van der Waals surface area (Å²) in [6, 6.07) is 11.5. The van der Waals surface area contributed by atoms with Crippen LogP contribution in [0.1, 0.15) is 16.1 Å². The van der Waals surface area contributed by atoms with Crippen LogP contribution in [0.5, 0.6) is 0 Å². The number of thioether (sulfide) groups is 1. The number of furan rings is 1. The van der Waals surface area contributed by atoms with Crippen LogP contribution in [0.25, 0.3) is 10.9 Å². The third-order valence-electron chi connectivity index (χ3n) is 3.62. The zero-order valence-corrected chi connectivity index (χ0v) is 14.7. The van der Waals surface area contributed by atoms with Crippen LogP contribution in [0.4, 0.5) is 5.13 Å². The Morgan fingerprint density at radius 2 is 2.16 bits per heavy atom. The van der Waals surface area contributed by atoms with Crippen molar-refractivity contribution in [2.75, 3.05) is 11.1 Å². The average Bonchev–Trinajstić information content (AvgIpc) is 3.38. The highest BCUT2D eigenvalue weighted by Crippen LogP contribution is 2.27. The standard InChI is InChI=1S/C17H14N4O2S2/c22-15(13-9-18-14-6-2-1-5-12(13)14)10-24-17-21-20-16(25-17)19-8-11-4-3-7-23-11/h1-7,9,18H,8,10H2,(H,19,20). The number of rotatable bonds is 7. The number of fused-ring (bicyclic) bond motifs is 1. The highest BCUT2D eigenvalue weighted by atomic mass is 32.2. The van der Waals surface area contributed by atoms with E-state index in [0.717, 1.165) is 21.0 Å². The Hall–Kier alpha value is -2.58. The van der Waals surface area contributed by atoms with Gasteiger partial charge in [0.1, 0.15) is 5.76 Å². The molecule has 0 aliphatic heterocycles. The molecule has 0 saturated carbocycles. The molecule has 0 aliphatic carbocycles. The maximum Gasteiger partial charge on any atom is 0.206 e. The molecule has 0 aliphatic rings. The van der Waals surface area contributed by atoms with Gasteiger partial charge in [-0.15, -0.1) is 10.2 Å². The molecule has 2 N–H and O–H groups in total. The van der Waals surface area contributed by atoms with Crippen molar-refractivity contribution >= 4 is 44.9 Å². The van der Waals surface area contributed by atoms with Crippen molar-refractivity contribution in [3.8, 4) is 0 Å². The molecule has 0 amide bonds. The molecule has 1 aromatic carbocycles. The molecule has 0 radical (unpaired) electrons. The fourth-order valence-electron chi connectivity index (χ4n) is 2.42. The lowest BCUT2D eigenvalue weighted by atomic mass is 10.1. The second-order valence-electron chi connectivity index (χ2n) is 5.27. The van der Waals surface area contributed by atoms with E-state index in [9.17, 15) is 4.79 Å². The van der Waals surface area contributed by atoms with E-state index in [-0.39, 0.29) is 5.78 Å². The van der Waals surface area contributed by atoms with Crippen molar-refractivity contribution in [3.05, 3.63) is 60.2 Å². The Morgan fingerprint density at radius 3 is 3.04 bits per heavy atom. The van der Waals surface area contributed by atoms with Gasteiger partial charge in [-0.1, -0.05) is 41.3 Å². The van der Waals surface area contributed by atoms with E-state index in [4.69, 9.17) is 4.42 Å². The van der Waals surface area contributed by atoms with Crippen LogP contribution < -0.4 is 5.32 Å². The van der Waals surface area contributed by atoms with E-state index < -0.39 is 0 Å². The third kappa shape index (κ3) is 3.59. The minimum Gasteiger partial charge on any atom is -0.467 e. The number of para-hydroxylation sites is 1. The van der Waals surface area contributed by atoms with Crippen molar-refractivity contribution < 1.29 is 9.21 Å². The van der Waals surface area contributed by atoms with Gasteiger partial charge >= 0.3 is 0 Å². The summed E-state index contributed by atoms with van der Waals surface area (Å²) in [5.74, 6) is 1.23. The Bertz CT molecular complexity index is 991. The molecular formula is C17H14N4O2S2. The van der Waals surface area contributed by atoms with Crippen LogP contribution in [0.2, 0.25) is 0 Å². The lowest BCUT2D eigenvalue weighted by Gasteiger charge is -1.98. The van der Waals surface area contributed by atoms with Gasteiger partial charge in [-0.3, -0.25) is 4.79 Å². The average molecular weight is 370 g/mol. The second-order valence-corrected chi connectivity index (χ2v) is 7.47. The summed E-state index contributed by atoms with van der Waals surface area (Å²) in [7, 11) is 0. The van der Waals surface area contributed by atoms with Gasteiger partial charge in [0, 0.05) is 22.7 Å². The molecule has 0 bridgehead atoms. The van der Waals surface area contributed by atoms with Gasteiger partial charge in [-0.25, -0.2) is 0 Å². The number of anilines is 1. The molecule has 0 spiro atoms. The Morgan fingerprint density at radius 1 is 1.24 bits per heavy atom. The van der Waals surface area contributed by atoms with Crippen LogP contribution >= 0.6 is 23.1 Å². The molecule has 25 heavy (non-hydrogen) atoms. The van der Waals surface area contributed by atoms with E-state index in [1.807, 2.05) is 36.4 Å². The summed E-state index contributed by atoms with van der Waals surface area (Å²) in [6.07, 6.45) is 3.40. The number of H-pyrrole nitrogens is 1. The number of hydrogen-bond donors (Lipinski definition) is 2. The van der Waals surface area contributed by atoms with Crippen molar-refractivity contribution in [3.63, 3.8) is 0 Å². The molecule has 6 nitrogen and oxygen atoms in total. The van der Waals surface area contributed by atoms with Gasteiger partial charge in [-0.2, -0.15) is 0 Å². The van der Waals surface area contributed by atoms with Gasteiger partial charge in [-0.05, 0) is 18.2 Å². The topological polar surface area (TPSA) is 83.8 Å². The van der Waals surface area contributed by atoms with Gasteiger partial charge in [0.15, 0.2) is 10.1 Å². The molecule has 0 fully saturated rings. The third-order valence-corrected chi connectivity index (χ3v) is 5.63. The fourth-order valence-corrected chi connectivity index (χ4v) is 4.05. The zero-order chi connectivity index (χ0) is 17.1. The van der Waals surface area contributed by atoms with Crippen LogP contribution in [0, 0.1) is 0 Å². The second kappa shape index (κ2) is 7.12. The number of hydrogen-bond acceptors (Lipinski definition) is 7. The predicted octanol–water partition coefficient (Wildman–Crippen LogP) is 4.20. The summed E-state index contributed by atoms with van der Waals surface area (Å²) >= 11 is 2.82. The predicted molar refractivity (Wildman–Crippen MR) is 99.3 cm³/mol. The molecule has 0 unspecified atom stereocenters. The van der Waals surface area contributed by atoms with E-state index in [1.165, 1.54) is 23.1 Å². The van der Waals surface area contributed by atoms with Gasteiger partial charge in [0.25, 0.3) is 0 Å². The molecule has 126 valence electrons. The number of carbonyl (C=O) groups excluding carboxylic acids is 1. The maximum atomic E-state index is 12.5. The molecule has 4 aromatic rings. The molecular weight excluding hydrogens is 356 g/mol. The molecule has 8 heteroatoms. The number of carbonyl (C=O) groups is 1.